The van der Waals surface area contributed by atoms with Crippen LogP contribution in [0.5, 0.6) is 0 Å². The van der Waals surface area contributed by atoms with E-state index in [4.69, 9.17) is 9.47 Å². The minimum Gasteiger partial charge on any atom is -0.481 e. The van der Waals surface area contributed by atoms with Crippen LogP contribution in [0.1, 0.15) is 139 Å². The molecule has 9 heteroatoms. The maximum absolute atomic E-state index is 14.3. The average Bonchev–Trinajstić information content (AvgIpc) is 3.39. The van der Waals surface area contributed by atoms with Crippen molar-refractivity contribution in [1.29, 1.82) is 0 Å². The first-order valence-corrected chi connectivity index (χ1v) is 20.9. The minimum atomic E-state index is -1.18. The van der Waals surface area contributed by atoms with Gasteiger partial charge >= 0.3 is 17.9 Å². The Morgan fingerprint density at radius 3 is 2.22 bits per heavy atom. The molecule has 0 spiro atoms. The second-order valence-electron chi connectivity index (χ2n) is 20.4. The zero-order chi connectivity index (χ0) is 40.5. The third kappa shape index (κ3) is 6.80. The number of Topliss-reactive ketones (excluding diaryl/α,β-unsaturated/α-hetero) is 1. The Balaban J connectivity index is 1.30. The average molecular weight is 764 g/mol. The molecule has 0 radical (unpaired) electrons. The van der Waals surface area contributed by atoms with Crippen LogP contribution >= 0.6 is 0 Å². The normalized spacial score (nSPS) is 36.0. The van der Waals surface area contributed by atoms with E-state index in [2.05, 4.69) is 53.8 Å². The topological polar surface area (TPSA) is 119 Å². The number of carbonyl (C=O) groups is 4. The molecule has 4 fully saturated rings. The number of ether oxygens (including phenoxy) is 2. The lowest BCUT2D eigenvalue weighted by Crippen LogP contribution is -2.66. The van der Waals surface area contributed by atoms with Crippen molar-refractivity contribution in [3.63, 3.8) is 0 Å². The summed E-state index contributed by atoms with van der Waals surface area (Å²) in [5.41, 5.74) is 1.04. The predicted octanol–water partition coefficient (Wildman–Crippen LogP) is 9.24. The third-order valence-corrected chi connectivity index (χ3v) is 16.4. The number of carboxylic acid groups (broad SMARTS) is 1. The highest BCUT2D eigenvalue weighted by Crippen LogP contribution is 2.77. The Morgan fingerprint density at radius 1 is 0.927 bits per heavy atom. The number of allylic oxidation sites excluding steroid dienone is 1. The van der Waals surface area contributed by atoms with E-state index >= 15 is 0 Å². The molecule has 0 aromatic heterocycles. The second kappa shape index (κ2) is 14.4. The molecule has 0 aliphatic heterocycles. The summed E-state index contributed by atoms with van der Waals surface area (Å²) in [5.74, 6) is -0.879. The van der Waals surface area contributed by atoms with Crippen molar-refractivity contribution < 1.29 is 38.1 Å². The molecular formula is C46H66FNO7. The SMILES string of the molecule is CC(=O)OC(CNCc1ccc(F)cc1)[C@@]12CC[C@]3(C)[C@H](CC[C@@H]4[C@@]5(C)CC[C@H](OC(=O)CC(C)(C)C(=O)O)C(C)(C)[C@@H]5CC[C@]43C)C1=C(C(C)C)C(=O)C2. The Hall–Kier alpha value is -3.07. The number of ketones is 1. The summed E-state index contributed by atoms with van der Waals surface area (Å²) in [6.07, 6.45) is 6.88. The zero-order valence-electron chi connectivity index (χ0n) is 35.0. The van der Waals surface area contributed by atoms with Crippen LogP contribution in [-0.4, -0.2) is 47.6 Å². The quantitative estimate of drug-likeness (QED) is 0.214. The van der Waals surface area contributed by atoms with Gasteiger partial charge in [-0.1, -0.05) is 60.6 Å². The zero-order valence-corrected chi connectivity index (χ0v) is 35.0. The molecule has 304 valence electrons. The third-order valence-electron chi connectivity index (χ3n) is 16.4. The Bertz CT molecular complexity index is 1730. The van der Waals surface area contributed by atoms with Gasteiger partial charge in [0.1, 0.15) is 18.0 Å². The molecule has 5 aliphatic carbocycles. The van der Waals surface area contributed by atoms with Crippen LogP contribution in [0.15, 0.2) is 35.4 Å². The highest BCUT2D eigenvalue weighted by atomic mass is 19.1. The van der Waals surface area contributed by atoms with Gasteiger partial charge in [-0.15, -0.1) is 0 Å². The lowest BCUT2D eigenvalue weighted by atomic mass is 9.33. The molecular weight excluding hydrogens is 698 g/mol. The predicted molar refractivity (Wildman–Crippen MR) is 209 cm³/mol. The molecule has 1 aromatic carbocycles. The van der Waals surface area contributed by atoms with Gasteiger partial charge in [0.2, 0.25) is 0 Å². The molecule has 9 atom stereocenters. The van der Waals surface area contributed by atoms with Crippen molar-refractivity contribution in [3.05, 3.63) is 46.8 Å². The largest absolute Gasteiger partial charge is 0.481 e. The van der Waals surface area contributed by atoms with Gasteiger partial charge in [-0.25, -0.2) is 4.39 Å². The molecule has 0 heterocycles. The Labute approximate surface area is 328 Å². The summed E-state index contributed by atoms with van der Waals surface area (Å²) in [5, 5.41) is 13.1. The van der Waals surface area contributed by atoms with Gasteiger partial charge in [-0.05, 0) is 134 Å². The van der Waals surface area contributed by atoms with Crippen molar-refractivity contribution in [3.8, 4) is 0 Å². The number of aliphatic carboxylic acids is 1. The number of benzene rings is 1. The van der Waals surface area contributed by atoms with Gasteiger partial charge in [0, 0.05) is 37.3 Å². The summed E-state index contributed by atoms with van der Waals surface area (Å²) < 4.78 is 26.0. The molecule has 6 rings (SSSR count). The summed E-state index contributed by atoms with van der Waals surface area (Å²) in [7, 11) is 0. The van der Waals surface area contributed by atoms with Crippen LogP contribution in [0, 0.1) is 62.0 Å². The van der Waals surface area contributed by atoms with E-state index in [1.165, 1.54) is 24.6 Å². The number of carboxylic acids is 1. The van der Waals surface area contributed by atoms with Crippen LogP contribution < -0.4 is 5.32 Å². The van der Waals surface area contributed by atoms with Gasteiger partial charge in [0.05, 0.1) is 11.8 Å². The minimum absolute atomic E-state index is 0.00305. The van der Waals surface area contributed by atoms with Crippen molar-refractivity contribution in [2.45, 2.75) is 152 Å². The van der Waals surface area contributed by atoms with Crippen LogP contribution in [0.2, 0.25) is 0 Å². The Kier molecular flexibility index (Phi) is 10.9. The van der Waals surface area contributed by atoms with Crippen molar-refractivity contribution in [2.75, 3.05) is 6.54 Å². The van der Waals surface area contributed by atoms with E-state index in [9.17, 15) is 28.7 Å². The van der Waals surface area contributed by atoms with E-state index < -0.39 is 28.9 Å². The lowest BCUT2D eigenvalue weighted by molar-refractivity contribution is -0.235. The number of nitrogens with one attached hydrogen (secondary N) is 1. The van der Waals surface area contributed by atoms with E-state index in [0.717, 1.165) is 62.5 Å². The number of hydrogen-bond acceptors (Lipinski definition) is 7. The molecule has 2 N–H and O–H groups in total. The monoisotopic (exact) mass is 763 g/mol. The maximum Gasteiger partial charge on any atom is 0.309 e. The summed E-state index contributed by atoms with van der Waals surface area (Å²) in [6, 6.07) is 6.41. The van der Waals surface area contributed by atoms with Crippen LogP contribution in [-0.2, 0) is 35.2 Å². The summed E-state index contributed by atoms with van der Waals surface area (Å²) >= 11 is 0. The van der Waals surface area contributed by atoms with Gasteiger partial charge in [0.25, 0.3) is 0 Å². The first-order chi connectivity index (χ1) is 25.5. The van der Waals surface area contributed by atoms with Crippen molar-refractivity contribution in [1.82, 2.24) is 5.32 Å². The number of rotatable bonds is 11. The fourth-order valence-corrected chi connectivity index (χ4v) is 13.4. The van der Waals surface area contributed by atoms with Crippen molar-refractivity contribution in [2.24, 2.45) is 56.2 Å². The van der Waals surface area contributed by atoms with E-state index in [1.54, 1.807) is 26.0 Å². The second-order valence-corrected chi connectivity index (χ2v) is 20.4. The maximum atomic E-state index is 14.3. The van der Waals surface area contributed by atoms with Gasteiger partial charge in [0.15, 0.2) is 5.78 Å². The summed E-state index contributed by atoms with van der Waals surface area (Å²) in [6.45, 7) is 21.8. The van der Waals surface area contributed by atoms with Crippen LogP contribution in [0.4, 0.5) is 4.39 Å². The van der Waals surface area contributed by atoms with E-state index in [1.807, 2.05) is 0 Å². The van der Waals surface area contributed by atoms with Gasteiger partial charge < -0.3 is 19.9 Å². The fourth-order valence-electron chi connectivity index (χ4n) is 13.4. The standard InChI is InChI=1S/C46H66FNO7/c1-27(2)38-32(50)23-46(36(54-28(3)49)26-48-25-29-11-13-30(47)14-12-29)22-21-44(9)31(39(38)46)15-16-34-43(8)19-18-35(55-37(51)24-41(4,5)40(52)53)42(6,7)33(43)17-20-45(34,44)10/h11-14,27,31,33-36,48H,15-26H2,1-10H3,(H,52,53)/t31-,33+,34-,35+,36?,43+,44-,45-,46+/m1/s1. The first kappa shape index (κ1) is 41.6. The first-order valence-electron chi connectivity index (χ1n) is 20.9. The highest BCUT2D eigenvalue weighted by molar-refractivity contribution is 6.01. The Morgan fingerprint density at radius 2 is 1.60 bits per heavy atom. The molecule has 8 nitrogen and oxygen atoms in total. The van der Waals surface area contributed by atoms with Crippen LogP contribution in [0.25, 0.3) is 0 Å². The van der Waals surface area contributed by atoms with Crippen molar-refractivity contribution >= 4 is 23.7 Å². The number of hydrogen-bond donors (Lipinski definition) is 2. The number of fused-ring (bicyclic) bond motifs is 7. The molecule has 55 heavy (non-hydrogen) atoms. The fraction of sp³-hybridized carbons (Fsp3) is 0.739. The number of esters is 2. The van der Waals surface area contributed by atoms with Crippen LogP contribution in [0.3, 0.4) is 0 Å². The molecule has 0 saturated heterocycles. The molecule has 5 aliphatic rings. The molecule has 1 unspecified atom stereocenters. The molecule has 4 saturated carbocycles. The molecule has 1 aromatic rings. The molecule has 0 amide bonds. The lowest BCUT2D eigenvalue weighted by Gasteiger charge is -2.72. The van der Waals surface area contributed by atoms with Gasteiger partial charge in [-0.2, -0.15) is 0 Å². The highest BCUT2D eigenvalue weighted by Gasteiger charge is 2.71. The van der Waals surface area contributed by atoms with E-state index in [-0.39, 0.29) is 63.6 Å². The number of carbonyl (C=O) groups excluding carboxylic acids is 3. The molecule has 0 bridgehead atoms. The van der Waals surface area contributed by atoms with Gasteiger partial charge in [-0.3, -0.25) is 19.2 Å². The smallest absolute Gasteiger partial charge is 0.309 e. The summed E-state index contributed by atoms with van der Waals surface area (Å²) in [4.78, 5) is 51.9. The van der Waals surface area contributed by atoms with E-state index in [0.29, 0.717) is 31.3 Å². The number of halogens is 1.